The number of aryl methyl sites for hydroxylation is 1. The SMILES string of the molecule is Cc1nc([C@H](C)NC(=O)N[C@@H](C)COCC(C)C)cs1. The highest BCUT2D eigenvalue weighted by Crippen LogP contribution is 2.15. The van der Waals surface area contributed by atoms with Crippen LogP contribution in [0.25, 0.3) is 0 Å². The minimum absolute atomic E-state index is 0.0156. The van der Waals surface area contributed by atoms with Gasteiger partial charge < -0.3 is 15.4 Å². The van der Waals surface area contributed by atoms with Crippen LogP contribution in [0.2, 0.25) is 0 Å². The fourth-order valence-electron chi connectivity index (χ4n) is 1.64. The van der Waals surface area contributed by atoms with Crippen LogP contribution in [-0.4, -0.2) is 30.3 Å². The zero-order chi connectivity index (χ0) is 15.1. The van der Waals surface area contributed by atoms with Crippen molar-refractivity contribution in [3.63, 3.8) is 0 Å². The van der Waals surface area contributed by atoms with Gasteiger partial charge in [0.1, 0.15) is 0 Å². The highest BCUT2D eigenvalue weighted by atomic mass is 32.1. The molecule has 114 valence electrons. The molecule has 2 amide bonds. The van der Waals surface area contributed by atoms with Crippen molar-refractivity contribution in [2.45, 2.75) is 46.7 Å². The second kappa shape index (κ2) is 8.21. The second-order valence-corrected chi connectivity index (χ2v) is 6.53. The van der Waals surface area contributed by atoms with Crippen LogP contribution in [0.3, 0.4) is 0 Å². The molecule has 0 aromatic carbocycles. The molecule has 0 bridgehead atoms. The molecule has 2 atom stereocenters. The summed E-state index contributed by atoms with van der Waals surface area (Å²) in [4.78, 5) is 16.2. The Morgan fingerprint density at radius 2 is 2.00 bits per heavy atom. The number of thiazole rings is 1. The monoisotopic (exact) mass is 299 g/mol. The van der Waals surface area contributed by atoms with Gasteiger partial charge in [0.2, 0.25) is 0 Å². The lowest BCUT2D eigenvalue weighted by Crippen LogP contribution is -2.43. The average Bonchev–Trinajstić information content (AvgIpc) is 2.75. The number of carbonyl (C=O) groups excluding carboxylic acids is 1. The van der Waals surface area contributed by atoms with Crippen LogP contribution >= 0.6 is 11.3 Å². The standard InChI is InChI=1S/C14H25N3O2S/c1-9(2)6-19-7-10(3)15-14(18)16-11(4)13-8-20-12(5)17-13/h8-11H,6-7H2,1-5H3,(H2,15,16,18)/t10-,11-/m0/s1. The Balaban J connectivity index is 2.28. The molecule has 1 aromatic heterocycles. The third-order valence-corrected chi connectivity index (χ3v) is 3.42. The smallest absolute Gasteiger partial charge is 0.315 e. The number of aromatic nitrogens is 1. The van der Waals surface area contributed by atoms with Crippen molar-refractivity contribution in [3.8, 4) is 0 Å². The van der Waals surface area contributed by atoms with Gasteiger partial charge in [-0.05, 0) is 26.7 Å². The fourth-order valence-corrected chi connectivity index (χ4v) is 2.34. The van der Waals surface area contributed by atoms with E-state index in [0.717, 1.165) is 10.7 Å². The van der Waals surface area contributed by atoms with Crippen LogP contribution in [0.5, 0.6) is 0 Å². The summed E-state index contributed by atoms with van der Waals surface area (Å²) in [5, 5.41) is 8.71. The van der Waals surface area contributed by atoms with E-state index in [1.54, 1.807) is 11.3 Å². The molecule has 0 saturated carbocycles. The van der Waals surface area contributed by atoms with Gasteiger partial charge in [0.05, 0.1) is 29.4 Å². The second-order valence-electron chi connectivity index (χ2n) is 5.46. The molecule has 2 N–H and O–H groups in total. The molecule has 1 heterocycles. The molecule has 0 fully saturated rings. The van der Waals surface area contributed by atoms with Crippen LogP contribution < -0.4 is 10.6 Å². The van der Waals surface area contributed by atoms with E-state index in [4.69, 9.17) is 4.74 Å². The van der Waals surface area contributed by atoms with Crippen molar-refractivity contribution in [2.24, 2.45) is 5.92 Å². The van der Waals surface area contributed by atoms with Crippen molar-refractivity contribution in [1.29, 1.82) is 0 Å². The number of amides is 2. The van der Waals surface area contributed by atoms with Gasteiger partial charge in [0.15, 0.2) is 0 Å². The van der Waals surface area contributed by atoms with Gasteiger partial charge in [-0.2, -0.15) is 0 Å². The summed E-state index contributed by atoms with van der Waals surface area (Å²) in [6.07, 6.45) is 0. The van der Waals surface area contributed by atoms with E-state index >= 15 is 0 Å². The highest BCUT2D eigenvalue weighted by Gasteiger charge is 2.13. The normalized spacial score (nSPS) is 14.1. The Bertz CT molecular complexity index is 420. The van der Waals surface area contributed by atoms with Crippen LogP contribution in [0.4, 0.5) is 4.79 Å². The van der Waals surface area contributed by atoms with Crippen molar-refractivity contribution >= 4 is 17.4 Å². The molecule has 0 unspecified atom stereocenters. The van der Waals surface area contributed by atoms with E-state index in [1.807, 2.05) is 26.2 Å². The number of urea groups is 1. The molecular weight excluding hydrogens is 274 g/mol. The van der Waals surface area contributed by atoms with Crippen molar-refractivity contribution in [3.05, 3.63) is 16.1 Å². The maximum atomic E-state index is 11.8. The Labute approximate surface area is 125 Å². The molecule has 0 radical (unpaired) electrons. The van der Waals surface area contributed by atoms with Crippen LogP contribution in [0.15, 0.2) is 5.38 Å². The lowest BCUT2D eigenvalue weighted by Gasteiger charge is -2.18. The molecule has 5 nitrogen and oxygen atoms in total. The molecule has 0 spiro atoms. The predicted molar refractivity (Wildman–Crippen MR) is 82.1 cm³/mol. The van der Waals surface area contributed by atoms with E-state index in [2.05, 4.69) is 29.5 Å². The third kappa shape index (κ3) is 6.34. The number of rotatable bonds is 7. The maximum Gasteiger partial charge on any atom is 0.315 e. The number of hydrogen-bond acceptors (Lipinski definition) is 4. The molecule has 0 aliphatic rings. The number of nitrogens with zero attached hydrogens (tertiary/aromatic N) is 1. The Kier molecular flexibility index (Phi) is 6.95. The first-order chi connectivity index (χ1) is 9.38. The Morgan fingerprint density at radius 3 is 2.55 bits per heavy atom. The number of hydrogen-bond donors (Lipinski definition) is 2. The summed E-state index contributed by atoms with van der Waals surface area (Å²) < 4.78 is 5.50. The number of carbonyl (C=O) groups is 1. The predicted octanol–water partition coefficient (Wildman–Crippen LogP) is 2.87. The van der Waals surface area contributed by atoms with Gasteiger partial charge in [0.25, 0.3) is 0 Å². The maximum absolute atomic E-state index is 11.8. The number of ether oxygens (including phenoxy) is 1. The summed E-state index contributed by atoms with van der Waals surface area (Å²) in [6, 6.07) is -0.300. The van der Waals surface area contributed by atoms with Crippen LogP contribution in [-0.2, 0) is 4.74 Å². The first-order valence-electron chi connectivity index (χ1n) is 6.95. The van der Waals surface area contributed by atoms with Crippen molar-refractivity contribution in [1.82, 2.24) is 15.6 Å². The third-order valence-electron chi connectivity index (χ3n) is 2.62. The lowest BCUT2D eigenvalue weighted by molar-refractivity contribution is 0.0953. The van der Waals surface area contributed by atoms with Gasteiger partial charge in [-0.1, -0.05) is 13.8 Å². The minimum atomic E-state index is -0.191. The van der Waals surface area contributed by atoms with E-state index in [-0.39, 0.29) is 18.1 Å². The van der Waals surface area contributed by atoms with Crippen molar-refractivity contribution < 1.29 is 9.53 Å². The zero-order valence-electron chi connectivity index (χ0n) is 12.9. The molecule has 0 saturated heterocycles. The summed E-state index contributed by atoms with van der Waals surface area (Å²) >= 11 is 1.58. The summed E-state index contributed by atoms with van der Waals surface area (Å²) in [5.41, 5.74) is 0.895. The minimum Gasteiger partial charge on any atom is -0.379 e. The molecule has 1 aromatic rings. The summed E-state index contributed by atoms with van der Waals surface area (Å²) in [7, 11) is 0. The van der Waals surface area contributed by atoms with Gasteiger partial charge in [-0.3, -0.25) is 0 Å². The van der Waals surface area contributed by atoms with E-state index in [1.165, 1.54) is 0 Å². The Morgan fingerprint density at radius 1 is 1.30 bits per heavy atom. The molecular formula is C14H25N3O2S. The first-order valence-corrected chi connectivity index (χ1v) is 7.83. The Hall–Kier alpha value is -1.14. The highest BCUT2D eigenvalue weighted by molar-refractivity contribution is 7.09. The van der Waals surface area contributed by atoms with Crippen LogP contribution in [0, 0.1) is 12.8 Å². The molecule has 1 rings (SSSR count). The molecule has 0 aliphatic carbocycles. The van der Waals surface area contributed by atoms with E-state index in [9.17, 15) is 4.79 Å². The molecule has 6 heteroatoms. The van der Waals surface area contributed by atoms with Gasteiger partial charge in [-0.15, -0.1) is 11.3 Å². The zero-order valence-corrected chi connectivity index (χ0v) is 13.7. The van der Waals surface area contributed by atoms with Gasteiger partial charge in [-0.25, -0.2) is 9.78 Å². The quantitative estimate of drug-likeness (QED) is 0.813. The molecule has 20 heavy (non-hydrogen) atoms. The van der Waals surface area contributed by atoms with Gasteiger partial charge >= 0.3 is 6.03 Å². The van der Waals surface area contributed by atoms with E-state index in [0.29, 0.717) is 19.1 Å². The van der Waals surface area contributed by atoms with Crippen LogP contribution in [0.1, 0.15) is 44.4 Å². The topological polar surface area (TPSA) is 63.2 Å². The first kappa shape index (κ1) is 16.9. The fraction of sp³-hybridized carbons (Fsp3) is 0.714. The van der Waals surface area contributed by atoms with Gasteiger partial charge in [0, 0.05) is 12.0 Å². The largest absolute Gasteiger partial charge is 0.379 e. The average molecular weight is 299 g/mol. The lowest BCUT2D eigenvalue weighted by atomic mass is 10.2. The van der Waals surface area contributed by atoms with E-state index < -0.39 is 0 Å². The number of nitrogens with one attached hydrogen (secondary N) is 2. The molecule has 0 aliphatic heterocycles. The summed E-state index contributed by atoms with van der Waals surface area (Å²) in [5.74, 6) is 0.504. The summed E-state index contributed by atoms with van der Waals surface area (Å²) in [6.45, 7) is 11.2. The van der Waals surface area contributed by atoms with Crippen molar-refractivity contribution in [2.75, 3.05) is 13.2 Å².